The zero-order valence-corrected chi connectivity index (χ0v) is 11.1. The Labute approximate surface area is 109 Å². The molecule has 0 radical (unpaired) electrons. The van der Waals surface area contributed by atoms with Gasteiger partial charge >= 0.3 is 0 Å². The minimum Gasteiger partial charge on any atom is -0.355 e. The third-order valence-corrected chi connectivity index (χ3v) is 4.14. The summed E-state index contributed by atoms with van der Waals surface area (Å²) in [5, 5.41) is 8.43. The van der Waals surface area contributed by atoms with Gasteiger partial charge in [0.15, 0.2) is 4.96 Å². The van der Waals surface area contributed by atoms with E-state index in [0.717, 1.165) is 30.2 Å². The van der Waals surface area contributed by atoms with Crippen molar-refractivity contribution >= 4 is 22.2 Å². The highest BCUT2D eigenvalue weighted by Gasteiger charge is 2.18. The van der Waals surface area contributed by atoms with Crippen LogP contribution in [0.15, 0.2) is 11.6 Å². The number of hydrogen-bond acceptors (Lipinski definition) is 4. The molecular weight excluding hydrogens is 248 g/mol. The molecule has 1 unspecified atom stereocenters. The fourth-order valence-electron chi connectivity index (χ4n) is 2.30. The monoisotopic (exact) mass is 264 g/mol. The Kier molecular flexibility index (Phi) is 3.05. The summed E-state index contributed by atoms with van der Waals surface area (Å²) in [6.07, 6.45) is 3.59. The molecule has 5 nitrogen and oxygen atoms in total. The summed E-state index contributed by atoms with van der Waals surface area (Å²) in [5.41, 5.74) is 2.29. The van der Waals surface area contributed by atoms with Crippen LogP contribution in [-0.2, 0) is 11.3 Å². The number of carbonyl (C=O) groups is 1. The summed E-state index contributed by atoms with van der Waals surface area (Å²) in [7, 11) is 0. The molecule has 0 bridgehead atoms. The molecule has 3 heterocycles. The van der Waals surface area contributed by atoms with Crippen molar-refractivity contribution in [1.82, 2.24) is 20.0 Å². The smallest absolute Gasteiger partial charge is 0.220 e. The number of hydrogen-bond donors (Lipinski definition) is 2. The number of nitrogens with zero attached hydrogens (tertiary/aromatic N) is 2. The van der Waals surface area contributed by atoms with Gasteiger partial charge in [-0.15, -0.1) is 11.3 Å². The Hall–Kier alpha value is -1.40. The summed E-state index contributed by atoms with van der Waals surface area (Å²) in [6.45, 7) is 3.56. The van der Waals surface area contributed by atoms with Crippen LogP contribution < -0.4 is 10.6 Å². The SMILES string of the molecule is Cc1nc2sccn2c1CNC1CCC(=O)NC1. The molecule has 1 aliphatic rings. The van der Waals surface area contributed by atoms with E-state index in [1.165, 1.54) is 5.69 Å². The van der Waals surface area contributed by atoms with E-state index in [1.807, 2.05) is 12.3 Å². The molecule has 0 spiro atoms. The largest absolute Gasteiger partial charge is 0.355 e. The lowest BCUT2D eigenvalue weighted by Crippen LogP contribution is -2.45. The average Bonchev–Trinajstić information content (AvgIpc) is 2.90. The summed E-state index contributed by atoms with van der Waals surface area (Å²) in [5.74, 6) is 0.161. The first-order valence-electron chi connectivity index (χ1n) is 6.15. The third-order valence-electron chi connectivity index (χ3n) is 3.38. The van der Waals surface area contributed by atoms with Gasteiger partial charge in [-0.25, -0.2) is 4.98 Å². The first-order chi connectivity index (χ1) is 8.74. The van der Waals surface area contributed by atoms with Crippen molar-refractivity contribution in [2.24, 2.45) is 0 Å². The summed E-state index contributed by atoms with van der Waals surface area (Å²) < 4.78 is 2.13. The number of aryl methyl sites for hydroxylation is 1. The van der Waals surface area contributed by atoms with Gasteiger partial charge in [-0.1, -0.05) is 0 Å². The number of amides is 1. The Morgan fingerprint density at radius 3 is 3.33 bits per heavy atom. The molecule has 0 aliphatic carbocycles. The number of carbonyl (C=O) groups excluding carboxylic acids is 1. The van der Waals surface area contributed by atoms with Crippen LogP contribution in [0.2, 0.25) is 0 Å². The maximum Gasteiger partial charge on any atom is 0.220 e. The zero-order chi connectivity index (χ0) is 12.5. The molecule has 0 aromatic carbocycles. The molecule has 2 N–H and O–H groups in total. The number of thiazole rings is 1. The molecule has 0 saturated carbocycles. The number of aromatic nitrogens is 2. The highest BCUT2D eigenvalue weighted by atomic mass is 32.1. The van der Waals surface area contributed by atoms with Crippen molar-refractivity contribution in [2.75, 3.05) is 6.54 Å². The van der Waals surface area contributed by atoms with E-state index in [-0.39, 0.29) is 5.91 Å². The van der Waals surface area contributed by atoms with Crippen LogP contribution in [0.4, 0.5) is 0 Å². The van der Waals surface area contributed by atoms with Crippen LogP contribution in [0.1, 0.15) is 24.2 Å². The highest BCUT2D eigenvalue weighted by Crippen LogP contribution is 2.17. The molecular formula is C12H16N4OS. The fraction of sp³-hybridized carbons (Fsp3) is 0.500. The van der Waals surface area contributed by atoms with Crippen LogP contribution in [0.25, 0.3) is 4.96 Å². The first-order valence-corrected chi connectivity index (χ1v) is 7.03. The van der Waals surface area contributed by atoms with Crippen molar-refractivity contribution in [3.8, 4) is 0 Å². The van der Waals surface area contributed by atoms with Gasteiger partial charge < -0.3 is 10.6 Å². The van der Waals surface area contributed by atoms with E-state index in [1.54, 1.807) is 11.3 Å². The number of piperidine rings is 1. The Morgan fingerprint density at radius 2 is 2.56 bits per heavy atom. The molecule has 18 heavy (non-hydrogen) atoms. The second kappa shape index (κ2) is 4.70. The summed E-state index contributed by atoms with van der Waals surface area (Å²) in [4.78, 5) is 16.6. The maximum absolute atomic E-state index is 11.1. The van der Waals surface area contributed by atoms with Crippen molar-refractivity contribution in [1.29, 1.82) is 0 Å². The predicted octanol–water partition coefficient (Wildman–Crippen LogP) is 1.07. The molecule has 1 atom stereocenters. The molecule has 3 rings (SSSR count). The quantitative estimate of drug-likeness (QED) is 0.872. The number of rotatable bonds is 3. The van der Waals surface area contributed by atoms with E-state index in [9.17, 15) is 4.79 Å². The summed E-state index contributed by atoms with van der Waals surface area (Å²) in [6, 6.07) is 0.367. The first kappa shape index (κ1) is 11.7. The van der Waals surface area contributed by atoms with Gasteiger partial charge in [-0.2, -0.15) is 0 Å². The number of fused-ring (bicyclic) bond motifs is 1. The van der Waals surface area contributed by atoms with Crippen molar-refractivity contribution in [2.45, 2.75) is 32.4 Å². The van der Waals surface area contributed by atoms with Gasteiger partial charge in [0.25, 0.3) is 0 Å². The summed E-state index contributed by atoms with van der Waals surface area (Å²) >= 11 is 1.65. The van der Waals surface area contributed by atoms with Gasteiger partial charge in [0.05, 0.1) is 11.4 Å². The normalized spacial score (nSPS) is 20.3. The molecule has 1 amide bonds. The van der Waals surface area contributed by atoms with E-state index in [2.05, 4.69) is 26.2 Å². The second-order valence-electron chi connectivity index (χ2n) is 4.62. The molecule has 1 saturated heterocycles. The third kappa shape index (κ3) is 2.13. The second-order valence-corrected chi connectivity index (χ2v) is 5.49. The van der Waals surface area contributed by atoms with Crippen molar-refractivity contribution in [3.63, 3.8) is 0 Å². The maximum atomic E-state index is 11.1. The van der Waals surface area contributed by atoms with Crippen molar-refractivity contribution in [3.05, 3.63) is 23.0 Å². The van der Waals surface area contributed by atoms with Crippen LogP contribution in [0.5, 0.6) is 0 Å². The minimum atomic E-state index is 0.161. The molecule has 1 aliphatic heterocycles. The van der Waals surface area contributed by atoms with E-state index in [4.69, 9.17) is 0 Å². The lowest BCUT2D eigenvalue weighted by Gasteiger charge is -2.23. The molecule has 2 aromatic heterocycles. The predicted molar refractivity (Wildman–Crippen MR) is 70.7 cm³/mol. The van der Waals surface area contributed by atoms with Crippen LogP contribution in [-0.4, -0.2) is 27.9 Å². The molecule has 2 aromatic rings. The van der Waals surface area contributed by atoms with Crippen LogP contribution in [0, 0.1) is 6.92 Å². The zero-order valence-electron chi connectivity index (χ0n) is 10.3. The molecule has 96 valence electrons. The lowest BCUT2D eigenvalue weighted by atomic mass is 10.1. The van der Waals surface area contributed by atoms with Crippen molar-refractivity contribution < 1.29 is 4.79 Å². The van der Waals surface area contributed by atoms with Crippen LogP contribution in [0.3, 0.4) is 0 Å². The number of imidazole rings is 1. The Morgan fingerprint density at radius 1 is 1.67 bits per heavy atom. The van der Waals surface area contributed by atoms with Gasteiger partial charge in [0.1, 0.15) is 0 Å². The Balaban J connectivity index is 1.67. The molecule has 6 heteroatoms. The Bertz CT molecular complexity index is 564. The van der Waals surface area contributed by atoms with E-state index < -0.39 is 0 Å². The fourth-order valence-corrected chi connectivity index (χ4v) is 3.08. The van der Waals surface area contributed by atoms with E-state index in [0.29, 0.717) is 12.5 Å². The number of nitrogens with one attached hydrogen (secondary N) is 2. The van der Waals surface area contributed by atoms with Gasteiger partial charge in [0.2, 0.25) is 5.91 Å². The van der Waals surface area contributed by atoms with Gasteiger partial charge in [-0.3, -0.25) is 9.20 Å². The highest BCUT2D eigenvalue weighted by molar-refractivity contribution is 7.15. The minimum absolute atomic E-state index is 0.161. The lowest BCUT2D eigenvalue weighted by molar-refractivity contribution is -0.122. The molecule has 1 fully saturated rings. The average molecular weight is 264 g/mol. The standard InChI is InChI=1S/C12H16N4OS/c1-8-10(16-4-5-18-12(16)15-8)7-13-9-2-3-11(17)14-6-9/h4-5,9,13H,2-3,6-7H2,1H3,(H,14,17). The van der Waals surface area contributed by atoms with Gasteiger partial charge in [0, 0.05) is 37.1 Å². The van der Waals surface area contributed by atoms with E-state index >= 15 is 0 Å². The van der Waals surface area contributed by atoms with Crippen LogP contribution >= 0.6 is 11.3 Å². The topological polar surface area (TPSA) is 58.4 Å². The van der Waals surface area contributed by atoms with Gasteiger partial charge in [-0.05, 0) is 13.3 Å².